The molecule has 0 saturated heterocycles. The lowest BCUT2D eigenvalue weighted by Crippen LogP contribution is -2.40. The van der Waals surface area contributed by atoms with Gasteiger partial charge in [-0.15, -0.1) is 0 Å². The third-order valence-electron chi connectivity index (χ3n) is 4.63. The molecule has 0 saturated carbocycles. The highest BCUT2D eigenvalue weighted by Crippen LogP contribution is 2.31. The van der Waals surface area contributed by atoms with Gasteiger partial charge in [0.05, 0.1) is 24.8 Å². The lowest BCUT2D eigenvalue weighted by Gasteiger charge is -2.34. The van der Waals surface area contributed by atoms with E-state index < -0.39 is 0 Å². The number of imidazole rings is 1. The Balaban J connectivity index is 1.94. The molecule has 2 aromatic heterocycles. The van der Waals surface area contributed by atoms with Crippen molar-refractivity contribution in [2.24, 2.45) is 0 Å². The Labute approximate surface area is 165 Å². The number of hydrogen-bond donors (Lipinski definition) is 2. The van der Waals surface area contributed by atoms with Crippen molar-refractivity contribution >= 4 is 11.7 Å². The minimum atomic E-state index is -0.350. The van der Waals surface area contributed by atoms with Gasteiger partial charge in [0.2, 0.25) is 5.95 Å². The second kappa shape index (κ2) is 9.12. The number of ether oxygens (including phenoxy) is 1. The average Bonchev–Trinajstić information content (AvgIpc) is 3.19. The molecule has 1 atom stereocenters. The summed E-state index contributed by atoms with van der Waals surface area (Å²) in [6.07, 6.45) is 14.7. The van der Waals surface area contributed by atoms with E-state index in [0.717, 1.165) is 35.6 Å². The molecule has 1 unspecified atom stereocenters. The van der Waals surface area contributed by atoms with E-state index in [1.54, 1.807) is 31.9 Å². The van der Waals surface area contributed by atoms with Crippen LogP contribution in [-0.4, -0.2) is 39.3 Å². The molecule has 0 fully saturated rings. The van der Waals surface area contributed by atoms with E-state index in [-0.39, 0.29) is 6.04 Å². The van der Waals surface area contributed by atoms with Gasteiger partial charge in [0.1, 0.15) is 11.8 Å². The first-order chi connectivity index (χ1) is 13.7. The SMILES string of the molecule is CC\C=C/C=C(OC)\C(C)=C\C(=N)C1c2nc[nH]c2CCN1c1ncccn1. The molecule has 0 amide bonds. The fourth-order valence-electron chi connectivity index (χ4n) is 3.28. The van der Waals surface area contributed by atoms with E-state index >= 15 is 0 Å². The molecule has 1 aliphatic rings. The first kappa shape index (κ1) is 19.5. The monoisotopic (exact) mass is 378 g/mol. The number of rotatable bonds is 7. The quantitative estimate of drug-likeness (QED) is 0.435. The third-order valence-corrected chi connectivity index (χ3v) is 4.63. The van der Waals surface area contributed by atoms with Crippen molar-refractivity contribution in [2.75, 3.05) is 18.6 Å². The van der Waals surface area contributed by atoms with Crippen molar-refractivity contribution in [2.45, 2.75) is 32.7 Å². The van der Waals surface area contributed by atoms with Crippen LogP contribution in [-0.2, 0) is 11.2 Å². The van der Waals surface area contributed by atoms with Crippen molar-refractivity contribution < 1.29 is 4.74 Å². The van der Waals surface area contributed by atoms with Crippen LogP contribution in [0, 0.1) is 5.41 Å². The number of allylic oxidation sites excluding steroid dienone is 4. The predicted molar refractivity (Wildman–Crippen MR) is 110 cm³/mol. The molecular formula is C21H26N6O. The summed E-state index contributed by atoms with van der Waals surface area (Å²) in [4.78, 5) is 18.5. The Hall–Kier alpha value is -3.22. The average molecular weight is 378 g/mol. The van der Waals surface area contributed by atoms with Gasteiger partial charge in [-0.2, -0.15) is 0 Å². The Morgan fingerprint density at radius 2 is 2.14 bits per heavy atom. The van der Waals surface area contributed by atoms with E-state index in [0.29, 0.717) is 18.2 Å². The zero-order chi connectivity index (χ0) is 19.9. The van der Waals surface area contributed by atoms with E-state index in [4.69, 9.17) is 10.1 Å². The zero-order valence-corrected chi connectivity index (χ0v) is 16.5. The smallest absolute Gasteiger partial charge is 0.226 e. The summed E-state index contributed by atoms with van der Waals surface area (Å²) in [6, 6.07) is 1.44. The Bertz CT molecular complexity index is 897. The van der Waals surface area contributed by atoms with Crippen LogP contribution in [0.5, 0.6) is 0 Å². The molecule has 2 N–H and O–H groups in total. The van der Waals surface area contributed by atoms with Crippen LogP contribution in [0.25, 0.3) is 0 Å². The van der Waals surface area contributed by atoms with Crippen LogP contribution >= 0.6 is 0 Å². The minimum Gasteiger partial charge on any atom is -0.496 e. The highest BCUT2D eigenvalue weighted by atomic mass is 16.5. The van der Waals surface area contributed by atoms with Crippen LogP contribution < -0.4 is 4.90 Å². The standard InChI is InChI=1S/C21H26N6O/c1-4-5-6-8-18(28-3)15(2)13-16(22)20-19-17(25-14-26-19)9-12-27(20)21-23-10-7-11-24-21/h5-8,10-11,13-14,20,22H,4,9,12H2,1-3H3,(H,25,26)/b6-5-,15-13+,18-8+,22-16?. The Morgan fingerprint density at radius 1 is 1.36 bits per heavy atom. The summed E-state index contributed by atoms with van der Waals surface area (Å²) >= 11 is 0. The molecule has 3 rings (SSSR count). The number of fused-ring (bicyclic) bond motifs is 1. The van der Waals surface area contributed by atoms with Crippen LogP contribution in [0.1, 0.15) is 37.7 Å². The number of nitrogens with zero attached hydrogens (tertiary/aromatic N) is 4. The summed E-state index contributed by atoms with van der Waals surface area (Å²) in [5.74, 6) is 1.33. The molecule has 3 heterocycles. The maximum atomic E-state index is 8.82. The Morgan fingerprint density at radius 3 is 2.86 bits per heavy atom. The molecule has 1 aliphatic heterocycles. The number of aromatic nitrogens is 4. The first-order valence-corrected chi connectivity index (χ1v) is 9.39. The summed E-state index contributed by atoms with van der Waals surface area (Å²) < 4.78 is 5.50. The summed E-state index contributed by atoms with van der Waals surface area (Å²) in [5.41, 5.74) is 3.20. The lowest BCUT2D eigenvalue weighted by atomic mass is 9.97. The normalized spacial score (nSPS) is 17.7. The number of nitrogens with one attached hydrogen (secondary N) is 2. The summed E-state index contributed by atoms with van der Waals surface area (Å²) in [6.45, 7) is 4.74. The first-order valence-electron chi connectivity index (χ1n) is 9.39. The number of methoxy groups -OCH3 is 1. The zero-order valence-electron chi connectivity index (χ0n) is 16.5. The van der Waals surface area contributed by atoms with Gasteiger partial charge >= 0.3 is 0 Å². The third kappa shape index (κ3) is 4.19. The topological polar surface area (TPSA) is 90.8 Å². The molecule has 0 bridgehead atoms. The van der Waals surface area contributed by atoms with Crippen LogP contribution in [0.4, 0.5) is 5.95 Å². The van der Waals surface area contributed by atoms with E-state index in [2.05, 4.69) is 32.9 Å². The maximum absolute atomic E-state index is 8.82. The second-order valence-electron chi connectivity index (χ2n) is 6.52. The van der Waals surface area contributed by atoms with Crippen molar-refractivity contribution in [3.05, 3.63) is 71.8 Å². The van der Waals surface area contributed by atoms with Crippen LogP contribution in [0.3, 0.4) is 0 Å². The maximum Gasteiger partial charge on any atom is 0.226 e. The predicted octanol–water partition coefficient (Wildman–Crippen LogP) is 3.77. The number of aromatic amines is 1. The molecule has 28 heavy (non-hydrogen) atoms. The van der Waals surface area contributed by atoms with E-state index in [9.17, 15) is 0 Å². The van der Waals surface area contributed by atoms with Gasteiger partial charge in [-0.25, -0.2) is 15.0 Å². The van der Waals surface area contributed by atoms with Gasteiger partial charge in [0.15, 0.2) is 0 Å². The van der Waals surface area contributed by atoms with Gasteiger partial charge in [0, 0.05) is 31.1 Å². The number of hydrogen-bond acceptors (Lipinski definition) is 6. The van der Waals surface area contributed by atoms with Gasteiger partial charge in [-0.3, -0.25) is 0 Å². The van der Waals surface area contributed by atoms with Gasteiger partial charge < -0.3 is 20.0 Å². The van der Waals surface area contributed by atoms with E-state index in [1.165, 1.54) is 0 Å². The highest BCUT2D eigenvalue weighted by molar-refractivity contribution is 6.00. The largest absolute Gasteiger partial charge is 0.496 e. The fraction of sp³-hybridized carbons (Fsp3) is 0.333. The minimum absolute atomic E-state index is 0.350. The van der Waals surface area contributed by atoms with Crippen LogP contribution in [0.15, 0.2) is 60.4 Å². The van der Waals surface area contributed by atoms with Gasteiger partial charge in [-0.1, -0.05) is 19.1 Å². The number of H-pyrrole nitrogens is 1. The summed E-state index contributed by atoms with van der Waals surface area (Å²) in [5, 5.41) is 8.82. The van der Waals surface area contributed by atoms with Crippen molar-refractivity contribution in [3.63, 3.8) is 0 Å². The molecule has 0 aliphatic carbocycles. The van der Waals surface area contributed by atoms with Gasteiger partial charge in [-0.05, 0) is 37.1 Å². The molecule has 2 aromatic rings. The summed E-state index contributed by atoms with van der Waals surface area (Å²) in [7, 11) is 1.64. The lowest BCUT2D eigenvalue weighted by molar-refractivity contribution is 0.301. The molecule has 7 heteroatoms. The second-order valence-corrected chi connectivity index (χ2v) is 6.52. The molecule has 146 valence electrons. The van der Waals surface area contributed by atoms with Crippen LogP contribution in [0.2, 0.25) is 0 Å². The van der Waals surface area contributed by atoms with E-state index in [1.807, 2.05) is 30.1 Å². The fourth-order valence-corrected chi connectivity index (χ4v) is 3.28. The molecule has 7 nitrogen and oxygen atoms in total. The van der Waals surface area contributed by atoms with Gasteiger partial charge in [0.25, 0.3) is 0 Å². The highest BCUT2D eigenvalue weighted by Gasteiger charge is 2.33. The molecule has 0 radical (unpaired) electrons. The van der Waals surface area contributed by atoms with Crippen molar-refractivity contribution in [1.82, 2.24) is 19.9 Å². The Kier molecular flexibility index (Phi) is 6.37. The molecule has 0 aromatic carbocycles. The molecular weight excluding hydrogens is 352 g/mol. The molecule has 0 spiro atoms. The van der Waals surface area contributed by atoms with Crippen molar-refractivity contribution in [1.29, 1.82) is 5.41 Å². The number of anilines is 1. The van der Waals surface area contributed by atoms with Crippen molar-refractivity contribution in [3.8, 4) is 0 Å².